The summed E-state index contributed by atoms with van der Waals surface area (Å²) >= 11 is 0. The second-order valence-corrected chi connectivity index (χ2v) is 4.40. The number of nitrogens with two attached hydrogens (primary N) is 1. The zero-order valence-corrected chi connectivity index (χ0v) is 12.1. The van der Waals surface area contributed by atoms with Crippen LogP contribution in [-0.2, 0) is 14.3 Å². The summed E-state index contributed by atoms with van der Waals surface area (Å²) in [6, 6.07) is 5.25. The highest BCUT2D eigenvalue weighted by Crippen LogP contribution is 2.23. The first-order chi connectivity index (χ1) is 10.1. The standard InChI is InChI=1S/C15H21N3O3/c1-3-5-14(19)18-13-10-11(6-7-12(13)16)17-8-9-21-15(20)4-2/h4,6-7,10,17H,2-3,5,8-9,16H2,1H3,(H,18,19). The lowest BCUT2D eigenvalue weighted by Crippen LogP contribution is -2.14. The van der Waals surface area contributed by atoms with Crippen molar-refractivity contribution in [3.05, 3.63) is 30.9 Å². The lowest BCUT2D eigenvalue weighted by Gasteiger charge is -2.11. The van der Waals surface area contributed by atoms with Crippen molar-refractivity contribution >= 4 is 28.9 Å². The number of ether oxygens (including phenoxy) is 1. The van der Waals surface area contributed by atoms with Gasteiger partial charge in [0.1, 0.15) is 6.61 Å². The second-order valence-electron chi connectivity index (χ2n) is 4.40. The number of amides is 1. The van der Waals surface area contributed by atoms with Gasteiger partial charge in [-0.1, -0.05) is 13.5 Å². The van der Waals surface area contributed by atoms with Gasteiger partial charge in [-0.3, -0.25) is 4.79 Å². The van der Waals surface area contributed by atoms with Crippen molar-refractivity contribution < 1.29 is 14.3 Å². The van der Waals surface area contributed by atoms with E-state index >= 15 is 0 Å². The van der Waals surface area contributed by atoms with E-state index < -0.39 is 5.97 Å². The normalized spacial score (nSPS) is 9.76. The van der Waals surface area contributed by atoms with Gasteiger partial charge in [0.25, 0.3) is 0 Å². The Morgan fingerprint density at radius 3 is 2.86 bits per heavy atom. The molecule has 1 aromatic rings. The molecule has 1 amide bonds. The van der Waals surface area contributed by atoms with Crippen molar-refractivity contribution in [2.24, 2.45) is 0 Å². The number of nitrogen functional groups attached to an aromatic ring is 1. The number of carbonyl (C=O) groups excluding carboxylic acids is 2. The van der Waals surface area contributed by atoms with Gasteiger partial charge in [-0.05, 0) is 24.6 Å². The molecule has 0 spiro atoms. The van der Waals surface area contributed by atoms with Gasteiger partial charge >= 0.3 is 5.97 Å². The Morgan fingerprint density at radius 1 is 1.43 bits per heavy atom. The minimum atomic E-state index is -0.457. The molecule has 0 atom stereocenters. The minimum absolute atomic E-state index is 0.0683. The molecule has 0 heterocycles. The van der Waals surface area contributed by atoms with Crippen LogP contribution in [0.1, 0.15) is 19.8 Å². The zero-order chi connectivity index (χ0) is 15.7. The fourth-order valence-corrected chi connectivity index (χ4v) is 1.62. The van der Waals surface area contributed by atoms with Gasteiger partial charge in [-0.15, -0.1) is 0 Å². The molecule has 0 saturated carbocycles. The predicted molar refractivity (Wildman–Crippen MR) is 84.0 cm³/mol. The molecule has 114 valence electrons. The van der Waals surface area contributed by atoms with Crippen LogP contribution in [0.5, 0.6) is 0 Å². The number of rotatable bonds is 8. The summed E-state index contributed by atoms with van der Waals surface area (Å²) < 4.78 is 4.85. The highest BCUT2D eigenvalue weighted by molar-refractivity contribution is 5.94. The molecule has 6 heteroatoms. The number of esters is 1. The highest BCUT2D eigenvalue weighted by atomic mass is 16.5. The average molecular weight is 291 g/mol. The van der Waals surface area contributed by atoms with Crippen molar-refractivity contribution in [2.75, 3.05) is 29.5 Å². The number of benzene rings is 1. The van der Waals surface area contributed by atoms with Crippen molar-refractivity contribution in [2.45, 2.75) is 19.8 Å². The molecule has 0 aromatic heterocycles. The number of carbonyl (C=O) groups is 2. The third-order valence-corrected chi connectivity index (χ3v) is 2.65. The Hall–Kier alpha value is -2.50. The average Bonchev–Trinajstić information content (AvgIpc) is 2.46. The SMILES string of the molecule is C=CC(=O)OCCNc1ccc(N)c(NC(=O)CCC)c1. The smallest absolute Gasteiger partial charge is 0.330 e. The number of hydrogen-bond donors (Lipinski definition) is 3. The van der Waals surface area contributed by atoms with E-state index in [0.717, 1.165) is 18.2 Å². The van der Waals surface area contributed by atoms with E-state index in [9.17, 15) is 9.59 Å². The maximum Gasteiger partial charge on any atom is 0.330 e. The quantitative estimate of drug-likeness (QED) is 0.295. The van der Waals surface area contributed by atoms with Crippen molar-refractivity contribution in [3.8, 4) is 0 Å². The second kappa shape index (κ2) is 8.63. The van der Waals surface area contributed by atoms with Gasteiger partial charge in [-0.25, -0.2) is 4.79 Å². The van der Waals surface area contributed by atoms with Crippen LogP contribution < -0.4 is 16.4 Å². The molecule has 0 saturated heterocycles. The molecular weight excluding hydrogens is 270 g/mol. The fourth-order valence-electron chi connectivity index (χ4n) is 1.62. The fraction of sp³-hybridized carbons (Fsp3) is 0.333. The zero-order valence-electron chi connectivity index (χ0n) is 12.1. The maximum absolute atomic E-state index is 11.6. The Labute approximate surface area is 124 Å². The van der Waals surface area contributed by atoms with E-state index in [1.165, 1.54) is 0 Å². The van der Waals surface area contributed by atoms with Gasteiger partial charge in [0.05, 0.1) is 11.4 Å². The lowest BCUT2D eigenvalue weighted by molar-refractivity contribution is -0.137. The molecule has 0 bridgehead atoms. The van der Waals surface area contributed by atoms with E-state index in [-0.39, 0.29) is 12.5 Å². The third-order valence-electron chi connectivity index (χ3n) is 2.65. The topological polar surface area (TPSA) is 93.4 Å². The van der Waals surface area contributed by atoms with E-state index in [1.807, 2.05) is 6.92 Å². The van der Waals surface area contributed by atoms with Crippen molar-refractivity contribution in [1.82, 2.24) is 0 Å². The predicted octanol–water partition coefficient (Wildman–Crippen LogP) is 2.15. The molecule has 0 aliphatic rings. The van der Waals surface area contributed by atoms with E-state index in [0.29, 0.717) is 24.3 Å². The Kier molecular flexibility index (Phi) is 6.80. The lowest BCUT2D eigenvalue weighted by atomic mass is 10.2. The van der Waals surface area contributed by atoms with Crippen LogP contribution in [0.4, 0.5) is 17.1 Å². The van der Waals surface area contributed by atoms with Crippen LogP contribution >= 0.6 is 0 Å². The molecule has 0 unspecified atom stereocenters. The van der Waals surface area contributed by atoms with Crippen LogP contribution in [0.25, 0.3) is 0 Å². The first-order valence-electron chi connectivity index (χ1n) is 6.79. The van der Waals surface area contributed by atoms with Gasteiger partial charge in [0, 0.05) is 24.7 Å². The van der Waals surface area contributed by atoms with Gasteiger partial charge in [0.15, 0.2) is 0 Å². The summed E-state index contributed by atoms with van der Waals surface area (Å²) in [6.07, 6.45) is 2.34. The van der Waals surface area contributed by atoms with Crippen LogP contribution in [0.15, 0.2) is 30.9 Å². The summed E-state index contributed by atoms with van der Waals surface area (Å²) in [4.78, 5) is 22.5. The molecule has 0 aliphatic heterocycles. The molecular formula is C15H21N3O3. The van der Waals surface area contributed by atoms with Crippen molar-refractivity contribution in [3.63, 3.8) is 0 Å². The largest absolute Gasteiger partial charge is 0.461 e. The first kappa shape index (κ1) is 16.6. The van der Waals surface area contributed by atoms with E-state index in [1.54, 1.807) is 18.2 Å². The first-order valence-corrected chi connectivity index (χ1v) is 6.79. The summed E-state index contributed by atoms with van der Waals surface area (Å²) in [6.45, 7) is 5.93. The van der Waals surface area contributed by atoms with Crippen LogP contribution in [0.2, 0.25) is 0 Å². The van der Waals surface area contributed by atoms with E-state index in [2.05, 4.69) is 17.2 Å². The molecule has 1 aromatic carbocycles. The Bertz CT molecular complexity index is 515. The van der Waals surface area contributed by atoms with Crippen LogP contribution in [0, 0.1) is 0 Å². The number of hydrogen-bond acceptors (Lipinski definition) is 5. The highest BCUT2D eigenvalue weighted by Gasteiger charge is 2.05. The molecule has 4 N–H and O–H groups in total. The molecule has 6 nitrogen and oxygen atoms in total. The minimum Gasteiger partial charge on any atom is -0.461 e. The van der Waals surface area contributed by atoms with Gasteiger partial charge < -0.3 is 21.1 Å². The molecule has 0 aliphatic carbocycles. The number of nitrogens with one attached hydrogen (secondary N) is 2. The molecule has 1 rings (SSSR count). The van der Waals surface area contributed by atoms with E-state index in [4.69, 9.17) is 10.5 Å². The molecule has 0 fully saturated rings. The summed E-state index contributed by atoms with van der Waals surface area (Å²) in [5.41, 5.74) is 7.68. The Balaban J connectivity index is 2.54. The molecule has 0 radical (unpaired) electrons. The maximum atomic E-state index is 11.6. The van der Waals surface area contributed by atoms with Crippen LogP contribution in [-0.4, -0.2) is 25.0 Å². The monoisotopic (exact) mass is 291 g/mol. The Morgan fingerprint density at radius 2 is 2.19 bits per heavy atom. The molecule has 21 heavy (non-hydrogen) atoms. The third kappa shape index (κ3) is 5.99. The van der Waals surface area contributed by atoms with Crippen LogP contribution in [0.3, 0.4) is 0 Å². The van der Waals surface area contributed by atoms with Crippen molar-refractivity contribution in [1.29, 1.82) is 0 Å². The summed E-state index contributed by atoms with van der Waals surface area (Å²) in [5.74, 6) is -0.525. The van der Waals surface area contributed by atoms with Gasteiger partial charge in [0.2, 0.25) is 5.91 Å². The summed E-state index contributed by atoms with van der Waals surface area (Å²) in [5, 5.41) is 5.85. The summed E-state index contributed by atoms with van der Waals surface area (Å²) in [7, 11) is 0. The van der Waals surface area contributed by atoms with Gasteiger partial charge in [-0.2, -0.15) is 0 Å². The number of anilines is 3.